The maximum absolute atomic E-state index is 6.36. The van der Waals surface area contributed by atoms with Crippen LogP contribution in [0.4, 0.5) is 0 Å². The summed E-state index contributed by atoms with van der Waals surface area (Å²) >= 11 is 0. The fourth-order valence-electron chi connectivity index (χ4n) is 2.56. The van der Waals surface area contributed by atoms with Gasteiger partial charge < -0.3 is 10.3 Å². The Bertz CT molecular complexity index is 486. The van der Waals surface area contributed by atoms with Crippen molar-refractivity contribution in [2.24, 2.45) is 5.73 Å². The zero-order chi connectivity index (χ0) is 13.7. The van der Waals surface area contributed by atoms with Crippen molar-refractivity contribution in [1.29, 1.82) is 0 Å². The van der Waals surface area contributed by atoms with E-state index >= 15 is 0 Å². The van der Waals surface area contributed by atoms with Crippen LogP contribution < -0.4 is 5.73 Å². The van der Waals surface area contributed by atoms with Gasteiger partial charge in [0, 0.05) is 12.2 Å². The third kappa shape index (κ3) is 3.24. The third-order valence-corrected chi connectivity index (χ3v) is 3.71. The first-order valence-electron chi connectivity index (χ1n) is 7.07. The highest BCUT2D eigenvalue weighted by Crippen LogP contribution is 2.23. The molecule has 0 saturated heterocycles. The molecule has 0 spiro atoms. The molecule has 3 heteroatoms. The lowest BCUT2D eigenvalue weighted by Crippen LogP contribution is -2.20. The Morgan fingerprint density at radius 3 is 2.47 bits per heavy atom. The highest BCUT2D eigenvalue weighted by atomic mass is 15.1. The number of hydrogen-bond acceptors (Lipinski definition) is 2. The monoisotopic (exact) mass is 257 g/mol. The smallest absolute Gasteiger partial charge is 0.0951 e. The van der Waals surface area contributed by atoms with E-state index in [0.717, 1.165) is 25.0 Å². The van der Waals surface area contributed by atoms with E-state index in [2.05, 4.69) is 47.7 Å². The van der Waals surface area contributed by atoms with Gasteiger partial charge in [0.1, 0.15) is 0 Å². The first-order chi connectivity index (χ1) is 9.26. The molecule has 0 fully saturated rings. The second kappa shape index (κ2) is 6.53. The number of nitrogens with zero attached hydrogens (tertiary/aromatic N) is 2. The van der Waals surface area contributed by atoms with Crippen LogP contribution in [0.2, 0.25) is 0 Å². The van der Waals surface area contributed by atoms with E-state index < -0.39 is 0 Å². The van der Waals surface area contributed by atoms with E-state index in [4.69, 9.17) is 5.73 Å². The summed E-state index contributed by atoms with van der Waals surface area (Å²) in [5.74, 6) is 0. The number of rotatable bonds is 6. The van der Waals surface area contributed by atoms with Crippen molar-refractivity contribution in [2.45, 2.75) is 45.2 Å². The quantitative estimate of drug-likeness (QED) is 0.861. The Labute approximate surface area is 115 Å². The Balaban J connectivity index is 2.15. The van der Waals surface area contributed by atoms with E-state index in [1.54, 1.807) is 0 Å². The Morgan fingerprint density at radius 1 is 1.16 bits per heavy atom. The predicted octanol–water partition coefficient (Wildman–Crippen LogP) is 3.49. The maximum Gasteiger partial charge on any atom is 0.0951 e. The van der Waals surface area contributed by atoms with E-state index in [1.165, 1.54) is 5.56 Å². The number of imidazole rings is 1. The highest BCUT2D eigenvalue weighted by Gasteiger charge is 2.16. The second-order valence-corrected chi connectivity index (χ2v) is 4.99. The zero-order valence-electron chi connectivity index (χ0n) is 11.8. The lowest BCUT2D eigenvalue weighted by Gasteiger charge is -2.21. The average molecular weight is 257 g/mol. The molecule has 2 N–H and O–H groups in total. The first-order valence-corrected chi connectivity index (χ1v) is 7.07. The number of nitrogens with two attached hydrogens (primary N) is 1. The molecule has 1 heterocycles. The lowest BCUT2D eigenvalue weighted by molar-refractivity contribution is 0.444. The van der Waals surface area contributed by atoms with Crippen molar-refractivity contribution >= 4 is 0 Å². The summed E-state index contributed by atoms with van der Waals surface area (Å²) in [6.07, 6.45) is 6.90. The topological polar surface area (TPSA) is 43.8 Å². The lowest BCUT2D eigenvalue weighted by atomic mass is 10.0. The number of benzene rings is 1. The van der Waals surface area contributed by atoms with Gasteiger partial charge in [-0.15, -0.1) is 0 Å². The fourth-order valence-corrected chi connectivity index (χ4v) is 2.56. The molecule has 0 aliphatic heterocycles. The van der Waals surface area contributed by atoms with Crippen LogP contribution >= 0.6 is 0 Å². The summed E-state index contributed by atoms with van der Waals surface area (Å²) in [7, 11) is 0. The largest absolute Gasteiger partial charge is 0.330 e. The molecule has 0 radical (unpaired) electrons. The zero-order valence-corrected chi connectivity index (χ0v) is 11.8. The molecule has 2 aromatic rings. The van der Waals surface area contributed by atoms with Gasteiger partial charge in [0.25, 0.3) is 0 Å². The molecule has 1 aromatic carbocycles. The molecule has 19 heavy (non-hydrogen) atoms. The number of aromatic nitrogens is 2. The van der Waals surface area contributed by atoms with Crippen LogP contribution in [0, 0.1) is 0 Å². The average Bonchev–Trinajstić information content (AvgIpc) is 2.91. The van der Waals surface area contributed by atoms with Crippen LogP contribution in [0.3, 0.4) is 0 Å². The van der Waals surface area contributed by atoms with Gasteiger partial charge in [0.05, 0.1) is 18.1 Å². The van der Waals surface area contributed by atoms with Crippen molar-refractivity contribution in [3.05, 3.63) is 54.1 Å². The predicted molar refractivity (Wildman–Crippen MR) is 78.9 cm³/mol. The summed E-state index contributed by atoms with van der Waals surface area (Å²) < 4.78 is 2.24. The molecule has 102 valence electrons. The molecule has 1 atom stereocenters. The molecule has 0 unspecified atom stereocenters. The van der Waals surface area contributed by atoms with Crippen molar-refractivity contribution in [3.8, 4) is 0 Å². The van der Waals surface area contributed by atoms with Crippen LogP contribution in [-0.4, -0.2) is 9.55 Å². The van der Waals surface area contributed by atoms with Crippen LogP contribution in [0.1, 0.15) is 50.0 Å². The number of hydrogen-bond donors (Lipinski definition) is 1. The van der Waals surface area contributed by atoms with E-state index in [1.807, 2.05) is 18.6 Å². The standard InChI is InChI=1S/C16H23N3/c1-3-14(4-2)19-12-18-11-16(19)15(17)10-13-8-6-5-7-9-13/h5-9,11-12,14-15H,3-4,10,17H2,1-2H3/t15-/m1/s1. The Kier molecular flexibility index (Phi) is 4.74. The molecule has 0 saturated carbocycles. The minimum absolute atomic E-state index is 0.00509. The van der Waals surface area contributed by atoms with Crippen molar-refractivity contribution in [3.63, 3.8) is 0 Å². The fraction of sp³-hybridized carbons (Fsp3) is 0.438. The summed E-state index contributed by atoms with van der Waals surface area (Å²) in [4.78, 5) is 4.28. The molecule has 1 aromatic heterocycles. The van der Waals surface area contributed by atoms with Gasteiger partial charge in [-0.25, -0.2) is 4.98 Å². The van der Waals surface area contributed by atoms with Crippen LogP contribution in [0.25, 0.3) is 0 Å². The molecule has 3 nitrogen and oxygen atoms in total. The van der Waals surface area contributed by atoms with Gasteiger partial charge in [-0.05, 0) is 24.8 Å². The first kappa shape index (κ1) is 13.8. The van der Waals surface area contributed by atoms with E-state index in [0.29, 0.717) is 6.04 Å². The molecular weight excluding hydrogens is 234 g/mol. The molecule has 0 bridgehead atoms. The van der Waals surface area contributed by atoms with E-state index in [9.17, 15) is 0 Å². The molecule has 0 amide bonds. The van der Waals surface area contributed by atoms with Crippen LogP contribution in [0.15, 0.2) is 42.9 Å². The van der Waals surface area contributed by atoms with Crippen molar-refractivity contribution in [1.82, 2.24) is 9.55 Å². The summed E-state index contributed by atoms with van der Waals surface area (Å²) in [6, 6.07) is 10.9. The minimum atomic E-state index is 0.00509. The summed E-state index contributed by atoms with van der Waals surface area (Å²) in [5, 5.41) is 0. The minimum Gasteiger partial charge on any atom is -0.330 e. The van der Waals surface area contributed by atoms with Gasteiger partial charge in [0.2, 0.25) is 0 Å². The van der Waals surface area contributed by atoms with Gasteiger partial charge in [0.15, 0.2) is 0 Å². The van der Waals surface area contributed by atoms with Gasteiger partial charge in [-0.2, -0.15) is 0 Å². The third-order valence-electron chi connectivity index (χ3n) is 3.71. The van der Waals surface area contributed by atoms with Crippen molar-refractivity contribution in [2.75, 3.05) is 0 Å². The van der Waals surface area contributed by atoms with Crippen molar-refractivity contribution < 1.29 is 0 Å². The van der Waals surface area contributed by atoms with Crippen LogP contribution in [0.5, 0.6) is 0 Å². The Hall–Kier alpha value is -1.61. The van der Waals surface area contributed by atoms with E-state index in [-0.39, 0.29) is 6.04 Å². The van der Waals surface area contributed by atoms with Crippen LogP contribution in [-0.2, 0) is 6.42 Å². The summed E-state index contributed by atoms with van der Waals surface area (Å²) in [5.41, 5.74) is 8.77. The molecule has 2 rings (SSSR count). The maximum atomic E-state index is 6.36. The molecular formula is C16H23N3. The van der Waals surface area contributed by atoms with Gasteiger partial charge in [-0.3, -0.25) is 0 Å². The van der Waals surface area contributed by atoms with Gasteiger partial charge >= 0.3 is 0 Å². The van der Waals surface area contributed by atoms with Gasteiger partial charge in [-0.1, -0.05) is 44.2 Å². The second-order valence-electron chi connectivity index (χ2n) is 4.99. The Morgan fingerprint density at radius 2 is 1.84 bits per heavy atom. The normalized spacial score (nSPS) is 12.8. The molecule has 0 aliphatic rings. The highest BCUT2D eigenvalue weighted by molar-refractivity contribution is 5.18. The summed E-state index contributed by atoms with van der Waals surface area (Å²) in [6.45, 7) is 4.42. The molecule has 0 aliphatic carbocycles. The SMILES string of the molecule is CCC(CC)n1cncc1[C@H](N)Cc1ccccc1.